The average molecular weight is 482 g/mol. The molecule has 1 aliphatic carbocycles. The highest BCUT2D eigenvalue weighted by molar-refractivity contribution is 5.93. The Balaban J connectivity index is 2.51. The molecular weight excluding hydrogens is 434 g/mol. The van der Waals surface area contributed by atoms with E-state index >= 15 is 0 Å². The summed E-state index contributed by atoms with van der Waals surface area (Å²) in [7, 11) is 0. The zero-order chi connectivity index (χ0) is 25.9. The van der Waals surface area contributed by atoms with Crippen molar-refractivity contribution >= 4 is 23.6 Å². The molecule has 0 aromatic rings. The lowest BCUT2D eigenvalue weighted by atomic mass is 9.65. The number of carbonyl (C=O) groups is 4. The molecule has 9 heteroatoms. The fourth-order valence-electron chi connectivity index (χ4n) is 4.39. The molecule has 1 fully saturated rings. The molecule has 3 atom stereocenters. The van der Waals surface area contributed by atoms with E-state index in [1.54, 1.807) is 0 Å². The predicted molar refractivity (Wildman–Crippen MR) is 134 cm³/mol. The SMILES string of the molecule is CCCCNC(=O)CCC1CC([C@@H](C)C(N)C(=O)N[C@@H](CCCNC(N)=O)C(=O)C(C)(C)C)C1. The van der Waals surface area contributed by atoms with Crippen molar-refractivity contribution in [3.63, 3.8) is 0 Å². The largest absolute Gasteiger partial charge is 0.356 e. The molecule has 0 saturated heterocycles. The molecule has 1 aliphatic rings. The van der Waals surface area contributed by atoms with Gasteiger partial charge in [-0.25, -0.2) is 4.79 Å². The maximum Gasteiger partial charge on any atom is 0.312 e. The summed E-state index contributed by atoms with van der Waals surface area (Å²) in [5, 5.41) is 8.31. The lowest BCUT2D eigenvalue weighted by molar-refractivity contribution is -0.133. The topological polar surface area (TPSA) is 156 Å². The van der Waals surface area contributed by atoms with E-state index in [-0.39, 0.29) is 23.5 Å². The van der Waals surface area contributed by atoms with E-state index in [4.69, 9.17) is 11.5 Å². The summed E-state index contributed by atoms with van der Waals surface area (Å²) >= 11 is 0. The maximum absolute atomic E-state index is 12.9. The molecule has 0 heterocycles. The number of ketones is 1. The molecule has 0 aliphatic heterocycles. The number of unbranched alkanes of at least 4 members (excludes halogenated alkanes) is 1. The standard InChI is InChI=1S/C25H47N5O4/c1-6-7-12-28-20(31)11-10-17-14-18(15-17)16(2)21(26)23(33)30-19(22(32)25(3,4)5)9-8-13-29-24(27)34/h16-19,21H,6-15,26H2,1-5H3,(H,28,31)(H,30,33)(H3,27,29,34)/t16-,17?,18?,19+,21?/m1/s1. The molecule has 1 unspecified atom stereocenters. The number of nitrogens with one attached hydrogen (secondary N) is 3. The lowest BCUT2D eigenvalue weighted by Gasteiger charge is -2.41. The van der Waals surface area contributed by atoms with Crippen molar-refractivity contribution in [2.45, 2.75) is 98.1 Å². The van der Waals surface area contributed by atoms with Gasteiger partial charge in [0.1, 0.15) is 0 Å². The van der Waals surface area contributed by atoms with E-state index in [0.29, 0.717) is 37.6 Å². The third-order valence-electron chi connectivity index (χ3n) is 6.86. The summed E-state index contributed by atoms with van der Waals surface area (Å²) < 4.78 is 0. The number of hydrogen-bond acceptors (Lipinski definition) is 5. The average Bonchev–Trinajstić information content (AvgIpc) is 2.72. The molecule has 0 spiro atoms. The summed E-state index contributed by atoms with van der Waals surface area (Å²) in [6.45, 7) is 10.6. The van der Waals surface area contributed by atoms with E-state index in [9.17, 15) is 19.2 Å². The Labute approximate surface area is 204 Å². The van der Waals surface area contributed by atoms with E-state index in [0.717, 1.165) is 38.6 Å². The van der Waals surface area contributed by atoms with Crippen molar-refractivity contribution in [1.82, 2.24) is 16.0 Å². The van der Waals surface area contributed by atoms with Gasteiger partial charge in [0, 0.05) is 24.9 Å². The van der Waals surface area contributed by atoms with Gasteiger partial charge in [-0.15, -0.1) is 0 Å². The number of urea groups is 1. The first-order valence-electron chi connectivity index (χ1n) is 12.8. The number of hydrogen-bond donors (Lipinski definition) is 5. The first kappa shape index (κ1) is 29.9. The van der Waals surface area contributed by atoms with Crippen molar-refractivity contribution in [2.75, 3.05) is 13.1 Å². The molecule has 7 N–H and O–H groups in total. The number of nitrogens with two attached hydrogens (primary N) is 2. The number of carbonyl (C=O) groups excluding carboxylic acids is 4. The smallest absolute Gasteiger partial charge is 0.312 e. The van der Waals surface area contributed by atoms with Crippen LogP contribution in [0.4, 0.5) is 4.79 Å². The van der Waals surface area contributed by atoms with Crippen molar-refractivity contribution in [2.24, 2.45) is 34.6 Å². The monoisotopic (exact) mass is 481 g/mol. The van der Waals surface area contributed by atoms with Crippen molar-refractivity contribution in [3.05, 3.63) is 0 Å². The number of Topliss-reactive ketones (excluding diaryl/α,β-unsaturated/α-hetero) is 1. The van der Waals surface area contributed by atoms with Crippen LogP contribution < -0.4 is 27.4 Å². The Bertz CT molecular complexity index is 685. The van der Waals surface area contributed by atoms with Gasteiger partial charge in [0.15, 0.2) is 5.78 Å². The summed E-state index contributed by atoms with van der Waals surface area (Å²) in [4.78, 5) is 48.5. The number of amides is 4. The second-order valence-corrected chi connectivity index (χ2v) is 10.8. The molecule has 1 rings (SSSR count). The van der Waals surface area contributed by atoms with Gasteiger partial charge in [-0.3, -0.25) is 14.4 Å². The first-order valence-corrected chi connectivity index (χ1v) is 12.8. The van der Waals surface area contributed by atoms with Gasteiger partial charge >= 0.3 is 6.03 Å². The number of primary amides is 1. The van der Waals surface area contributed by atoms with Crippen LogP contribution in [-0.4, -0.2) is 48.8 Å². The van der Waals surface area contributed by atoms with Gasteiger partial charge in [-0.2, -0.15) is 0 Å². The van der Waals surface area contributed by atoms with Crippen LogP contribution in [0.5, 0.6) is 0 Å². The molecule has 0 aromatic carbocycles. The van der Waals surface area contributed by atoms with Gasteiger partial charge in [0.25, 0.3) is 0 Å². The molecule has 0 aromatic heterocycles. The number of rotatable bonds is 15. The highest BCUT2D eigenvalue weighted by atomic mass is 16.2. The van der Waals surface area contributed by atoms with E-state index < -0.39 is 23.5 Å². The Morgan fingerprint density at radius 3 is 2.21 bits per heavy atom. The highest BCUT2D eigenvalue weighted by Crippen LogP contribution is 2.42. The lowest BCUT2D eigenvalue weighted by Crippen LogP contribution is -2.54. The molecule has 34 heavy (non-hydrogen) atoms. The summed E-state index contributed by atoms with van der Waals surface area (Å²) in [6.07, 6.45) is 6.31. The van der Waals surface area contributed by atoms with Crippen molar-refractivity contribution < 1.29 is 19.2 Å². The van der Waals surface area contributed by atoms with Crippen LogP contribution in [0.3, 0.4) is 0 Å². The van der Waals surface area contributed by atoms with E-state index in [1.165, 1.54) is 0 Å². The molecule has 4 amide bonds. The zero-order valence-corrected chi connectivity index (χ0v) is 21.7. The van der Waals surface area contributed by atoms with E-state index in [2.05, 4.69) is 22.9 Å². The first-order chi connectivity index (χ1) is 15.9. The van der Waals surface area contributed by atoms with Gasteiger partial charge in [0.05, 0.1) is 12.1 Å². The molecule has 0 bridgehead atoms. The zero-order valence-electron chi connectivity index (χ0n) is 21.7. The van der Waals surface area contributed by atoms with Crippen LogP contribution in [0.2, 0.25) is 0 Å². The van der Waals surface area contributed by atoms with Crippen LogP contribution >= 0.6 is 0 Å². The summed E-state index contributed by atoms with van der Waals surface area (Å²) in [6, 6.07) is -1.99. The molecule has 196 valence electrons. The normalized spacial score (nSPS) is 20.4. The Morgan fingerprint density at radius 1 is 1.03 bits per heavy atom. The van der Waals surface area contributed by atoms with Gasteiger partial charge in [-0.1, -0.05) is 41.0 Å². The van der Waals surface area contributed by atoms with Gasteiger partial charge in [-0.05, 0) is 56.3 Å². The highest BCUT2D eigenvalue weighted by Gasteiger charge is 2.38. The predicted octanol–water partition coefficient (Wildman–Crippen LogP) is 2.22. The second kappa shape index (κ2) is 14.3. The summed E-state index contributed by atoms with van der Waals surface area (Å²) in [5.41, 5.74) is 10.8. The maximum atomic E-state index is 12.9. The van der Waals surface area contributed by atoms with Crippen molar-refractivity contribution in [1.29, 1.82) is 0 Å². The van der Waals surface area contributed by atoms with Crippen molar-refractivity contribution in [3.8, 4) is 0 Å². The van der Waals surface area contributed by atoms with Crippen LogP contribution in [0.15, 0.2) is 0 Å². The second-order valence-electron chi connectivity index (χ2n) is 10.8. The minimum Gasteiger partial charge on any atom is -0.356 e. The Morgan fingerprint density at radius 2 is 1.65 bits per heavy atom. The molecule has 0 radical (unpaired) electrons. The Hall–Kier alpha value is -2.16. The Kier molecular flexibility index (Phi) is 12.6. The third-order valence-corrected chi connectivity index (χ3v) is 6.86. The summed E-state index contributed by atoms with van der Waals surface area (Å²) in [5.74, 6) is 0.536. The molecule has 1 saturated carbocycles. The quantitative estimate of drug-likeness (QED) is 0.227. The van der Waals surface area contributed by atoms with Gasteiger partial charge in [0.2, 0.25) is 11.8 Å². The third kappa shape index (κ3) is 10.4. The van der Waals surface area contributed by atoms with Crippen LogP contribution in [-0.2, 0) is 14.4 Å². The fourth-order valence-corrected chi connectivity index (χ4v) is 4.39. The minimum absolute atomic E-state index is 0.0171. The van der Waals surface area contributed by atoms with Crippen LogP contribution in [0.25, 0.3) is 0 Å². The van der Waals surface area contributed by atoms with E-state index in [1.807, 2.05) is 27.7 Å². The minimum atomic E-state index is -0.706. The fraction of sp³-hybridized carbons (Fsp3) is 0.840. The molecular formula is C25H47N5O4. The van der Waals surface area contributed by atoms with Crippen LogP contribution in [0.1, 0.15) is 86.0 Å². The van der Waals surface area contributed by atoms with Crippen LogP contribution in [0, 0.1) is 23.2 Å². The van der Waals surface area contributed by atoms with Gasteiger partial charge < -0.3 is 27.4 Å². The molecule has 9 nitrogen and oxygen atoms in total.